The number of nitrogens with one attached hydrogen (secondary N) is 1. The Kier molecular flexibility index (Phi) is 5.71. The van der Waals surface area contributed by atoms with Gasteiger partial charge in [-0.2, -0.15) is 0 Å². The van der Waals surface area contributed by atoms with Crippen LogP contribution in [0.2, 0.25) is 0 Å². The van der Waals surface area contributed by atoms with Gasteiger partial charge in [-0.1, -0.05) is 13.8 Å². The first-order valence-electron chi connectivity index (χ1n) is 7.89. The Bertz CT molecular complexity index is 454. The van der Waals surface area contributed by atoms with Crippen molar-refractivity contribution in [2.24, 2.45) is 5.92 Å². The summed E-state index contributed by atoms with van der Waals surface area (Å²) in [6.45, 7) is 9.67. The topological polar surface area (TPSA) is 15.3 Å². The maximum Gasteiger partial charge on any atom is 0.128 e. The van der Waals surface area contributed by atoms with Crippen molar-refractivity contribution in [2.45, 2.75) is 45.7 Å². The molecule has 118 valence electrons. The molecule has 1 unspecified atom stereocenters. The van der Waals surface area contributed by atoms with E-state index in [4.69, 9.17) is 0 Å². The Morgan fingerprint density at radius 1 is 1.19 bits per heavy atom. The third-order valence-electron chi connectivity index (χ3n) is 4.12. The Morgan fingerprint density at radius 3 is 2.48 bits per heavy atom. The highest BCUT2D eigenvalue weighted by atomic mass is 19.1. The first-order chi connectivity index (χ1) is 9.95. The lowest BCUT2D eigenvalue weighted by molar-refractivity contribution is 0.175. The molecule has 0 bridgehead atoms. The van der Waals surface area contributed by atoms with Crippen molar-refractivity contribution in [3.8, 4) is 0 Å². The molecule has 0 aliphatic carbocycles. The molecule has 1 fully saturated rings. The first-order valence-corrected chi connectivity index (χ1v) is 7.89. The average Bonchev–Trinajstić information content (AvgIpc) is 2.43. The van der Waals surface area contributed by atoms with E-state index in [1.54, 1.807) is 0 Å². The number of hydrogen-bond donors (Lipinski definition) is 1. The summed E-state index contributed by atoms with van der Waals surface area (Å²) in [5.74, 6) is -0.0322. The molecule has 2 nitrogen and oxygen atoms in total. The minimum absolute atomic E-state index is 0.164. The summed E-state index contributed by atoms with van der Waals surface area (Å²) in [6, 6.07) is 3.87. The molecule has 0 spiro atoms. The molecular formula is C17H26F2N2. The van der Waals surface area contributed by atoms with E-state index in [1.165, 1.54) is 12.1 Å². The summed E-state index contributed by atoms with van der Waals surface area (Å²) in [5, 5.41) is 3.44. The van der Waals surface area contributed by atoms with Crippen LogP contribution < -0.4 is 5.32 Å². The predicted molar refractivity (Wildman–Crippen MR) is 82.2 cm³/mol. The largest absolute Gasteiger partial charge is 0.307 e. The van der Waals surface area contributed by atoms with Gasteiger partial charge in [0, 0.05) is 24.2 Å². The molecular weight excluding hydrogens is 270 g/mol. The van der Waals surface area contributed by atoms with Crippen LogP contribution in [-0.2, 0) is 0 Å². The molecule has 2 rings (SSSR count). The molecule has 0 amide bonds. The SMILES string of the molecule is CC(C)CN1CCC(NC(C)c2cc(F)ccc2F)CC1. The van der Waals surface area contributed by atoms with E-state index in [-0.39, 0.29) is 17.7 Å². The maximum absolute atomic E-state index is 13.8. The highest BCUT2D eigenvalue weighted by Crippen LogP contribution is 2.21. The highest BCUT2D eigenvalue weighted by Gasteiger charge is 2.22. The van der Waals surface area contributed by atoms with Crippen molar-refractivity contribution in [1.82, 2.24) is 10.2 Å². The minimum Gasteiger partial charge on any atom is -0.307 e. The van der Waals surface area contributed by atoms with Crippen molar-refractivity contribution in [1.29, 1.82) is 0 Å². The second-order valence-electron chi connectivity index (χ2n) is 6.52. The fraction of sp³-hybridized carbons (Fsp3) is 0.647. The summed E-state index contributed by atoms with van der Waals surface area (Å²) < 4.78 is 27.0. The zero-order valence-corrected chi connectivity index (χ0v) is 13.2. The van der Waals surface area contributed by atoms with Crippen molar-refractivity contribution in [2.75, 3.05) is 19.6 Å². The molecule has 1 saturated heterocycles. The first kappa shape index (κ1) is 16.4. The summed E-state index contributed by atoms with van der Waals surface area (Å²) in [6.07, 6.45) is 2.13. The predicted octanol–water partition coefficient (Wildman–Crippen LogP) is 3.74. The van der Waals surface area contributed by atoms with Gasteiger partial charge >= 0.3 is 0 Å². The summed E-state index contributed by atoms with van der Waals surface area (Å²) >= 11 is 0. The van der Waals surface area contributed by atoms with E-state index in [1.807, 2.05) is 6.92 Å². The lowest BCUT2D eigenvalue weighted by Crippen LogP contribution is -2.44. The Hall–Kier alpha value is -1.00. The molecule has 1 aromatic carbocycles. The van der Waals surface area contributed by atoms with E-state index in [0.717, 1.165) is 38.5 Å². The summed E-state index contributed by atoms with van der Waals surface area (Å²) in [5.41, 5.74) is 0.416. The van der Waals surface area contributed by atoms with Crippen LogP contribution in [0.1, 0.15) is 45.2 Å². The van der Waals surface area contributed by atoms with Gasteiger partial charge in [0.1, 0.15) is 11.6 Å². The van der Waals surface area contributed by atoms with Crippen LogP contribution in [0.4, 0.5) is 8.78 Å². The normalized spacial score (nSPS) is 19.1. The Morgan fingerprint density at radius 2 is 1.86 bits per heavy atom. The monoisotopic (exact) mass is 296 g/mol. The number of piperidine rings is 1. The van der Waals surface area contributed by atoms with Gasteiger partial charge < -0.3 is 10.2 Å². The highest BCUT2D eigenvalue weighted by molar-refractivity contribution is 5.22. The van der Waals surface area contributed by atoms with Crippen LogP contribution >= 0.6 is 0 Å². The van der Waals surface area contributed by atoms with Crippen LogP contribution in [0.25, 0.3) is 0 Å². The minimum atomic E-state index is -0.383. The Balaban J connectivity index is 1.87. The standard InChI is InChI=1S/C17H26F2N2/c1-12(2)11-21-8-6-15(7-9-21)20-13(3)16-10-14(18)4-5-17(16)19/h4-5,10,12-13,15,20H,6-9,11H2,1-3H3. The van der Waals surface area contributed by atoms with Crippen LogP contribution in [-0.4, -0.2) is 30.6 Å². The number of hydrogen-bond acceptors (Lipinski definition) is 2. The molecule has 1 aliphatic heterocycles. The van der Waals surface area contributed by atoms with Crippen LogP contribution in [0.5, 0.6) is 0 Å². The van der Waals surface area contributed by atoms with Crippen molar-refractivity contribution in [3.63, 3.8) is 0 Å². The fourth-order valence-electron chi connectivity index (χ4n) is 3.09. The van der Waals surface area contributed by atoms with E-state index < -0.39 is 0 Å². The number of rotatable bonds is 5. The van der Waals surface area contributed by atoms with Gasteiger partial charge in [0.25, 0.3) is 0 Å². The number of likely N-dealkylation sites (tertiary alicyclic amines) is 1. The summed E-state index contributed by atoms with van der Waals surface area (Å²) in [4.78, 5) is 2.48. The van der Waals surface area contributed by atoms with Gasteiger partial charge in [-0.15, -0.1) is 0 Å². The number of nitrogens with zero attached hydrogens (tertiary/aromatic N) is 1. The van der Waals surface area contributed by atoms with Gasteiger partial charge in [0.05, 0.1) is 0 Å². The molecule has 1 heterocycles. The molecule has 1 N–H and O–H groups in total. The molecule has 1 atom stereocenters. The number of benzene rings is 1. The molecule has 4 heteroatoms. The van der Waals surface area contributed by atoms with Gasteiger partial charge in [-0.3, -0.25) is 0 Å². The average molecular weight is 296 g/mol. The molecule has 1 aliphatic rings. The van der Waals surface area contributed by atoms with Gasteiger partial charge in [0.15, 0.2) is 0 Å². The van der Waals surface area contributed by atoms with E-state index in [9.17, 15) is 8.78 Å². The Labute approximate surface area is 126 Å². The lowest BCUT2D eigenvalue weighted by atomic mass is 10.0. The maximum atomic E-state index is 13.8. The van der Waals surface area contributed by atoms with E-state index >= 15 is 0 Å². The third-order valence-corrected chi connectivity index (χ3v) is 4.12. The van der Waals surface area contributed by atoms with Crippen LogP contribution in [0.15, 0.2) is 18.2 Å². The molecule has 0 aromatic heterocycles. The summed E-state index contributed by atoms with van der Waals surface area (Å²) in [7, 11) is 0. The van der Waals surface area contributed by atoms with Crippen molar-refractivity contribution >= 4 is 0 Å². The fourth-order valence-corrected chi connectivity index (χ4v) is 3.09. The molecule has 0 saturated carbocycles. The third kappa shape index (κ3) is 4.75. The van der Waals surface area contributed by atoms with E-state index in [0.29, 0.717) is 17.5 Å². The van der Waals surface area contributed by atoms with Gasteiger partial charge in [0.2, 0.25) is 0 Å². The molecule has 1 aromatic rings. The van der Waals surface area contributed by atoms with Gasteiger partial charge in [-0.05, 0) is 57.0 Å². The molecule has 21 heavy (non-hydrogen) atoms. The second kappa shape index (κ2) is 7.32. The zero-order valence-electron chi connectivity index (χ0n) is 13.2. The van der Waals surface area contributed by atoms with Gasteiger partial charge in [-0.25, -0.2) is 8.78 Å². The smallest absolute Gasteiger partial charge is 0.128 e. The van der Waals surface area contributed by atoms with Crippen LogP contribution in [0, 0.1) is 17.6 Å². The zero-order chi connectivity index (χ0) is 15.4. The quantitative estimate of drug-likeness (QED) is 0.890. The van der Waals surface area contributed by atoms with Crippen LogP contribution in [0.3, 0.4) is 0 Å². The van der Waals surface area contributed by atoms with Crippen molar-refractivity contribution in [3.05, 3.63) is 35.4 Å². The number of halogens is 2. The van der Waals surface area contributed by atoms with Crippen molar-refractivity contribution < 1.29 is 8.78 Å². The lowest BCUT2D eigenvalue weighted by Gasteiger charge is -2.34. The van der Waals surface area contributed by atoms with E-state index in [2.05, 4.69) is 24.1 Å². The second-order valence-corrected chi connectivity index (χ2v) is 6.52. The molecule has 0 radical (unpaired) electrons.